The van der Waals surface area contributed by atoms with Crippen LogP contribution >= 0.6 is 11.3 Å². The first-order valence-electron chi connectivity index (χ1n) is 6.94. The van der Waals surface area contributed by atoms with Crippen molar-refractivity contribution in [1.82, 2.24) is 19.7 Å². The summed E-state index contributed by atoms with van der Waals surface area (Å²) in [4.78, 5) is 20.2. The number of thiazole rings is 1. The van der Waals surface area contributed by atoms with Gasteiger partial charge >= 0.3 is 5.97 Å². The van der Waals surface area contributed by atoms with E-state index in [1.165, 1.54) is 22.1 Å². The first-order valence-corrected chi connectivity index (χ1v) is 7.82. The minimum absolute atomic E-state index is 0.0617. The number of carbonyl (C=O) groups excluding carboxylic acids is 1. The molecule has 1 aromatic carbocycles. The Morgan fingerprint density at radius 3 is 2.91 bits per heavy atom. The van der Waals surface area contributed by atoms with Gasteiger partial charge in [0, 0.05) is 17.1 Å². The lowest BCUT2D eigenvalue weighted by Gasteiger charge is -2.05. The fraction of sp³-hybridized carbons (Fsp3) is 0.200. The highest BCUT2D eigenvalue weighted by atomic mass is 32.1. The van der Waals surface area contributed by atoms with Gasteiger partial charge in [0.25, 0.3) is 5.82 Å². The summed E-state index contributed by atoms with van der Waals surface area (Å²) in [5.41, 5.74) is 0.450. The van der Waals surface area contributed by atoms with Crippen LogP contribution in [0.5, 0.6) is 0 Å². The molecule has 2 heterocycles. The fourth-order valence-corrected chi connectivity index (χ4v) is 2.64. The molecular weight excluding hydrogens is 319 g/mol. The molecule has 0 atom stereocenters. The van der Waals surface area contributed by atoms with Crippen molar-refractivity contribution in [2.24, 2.45) is 0 Å². The Bertz CT molecular complexity index is 817. The summed E-state index contributed by atoms with van der Waals surface area (Å²) in [6.07, 6.45) is 1.63. The molecule has 0 bridgehead atoms. The van der Waals surface area contributed by atoms with Crippen LogP contribution in [0, 0.1) is 5.82 Å². The summed E-state index contributed by atoms with van der Waals surface area (Å²) >= 11 is 1.36. The molecule has 2 aromatic heterocycles. The number of aromatic nitrogens is 4. The number of nitrogens with zero attached hydrogens (tertiary/aromatic N) is 4. The van der Waals surface area contributed by atoms with Gasteiger partial charge in [0.2, 0.25) is 0 Å². The predicted octanol–water partition coefficient (Wildman–Crippen LogP) is 2.77. The van der Waals surface area contributed by atoms with E-state index in [-0.39, 0.29) is 24.8 Å². The van der Waals surface area contributed by atoms with Gasteiger partial charge in [0.1, 0.15) is 5.82 Å². The molecule has 0 spiro atoms. The SMILES string of the molecule is CCOC(=O)c1nc(-c2nccs2)n(Cc2ccccc2F)n1. The van der Waals surface area contributed by atoms with Crippen LogP contribution in [0.25, 0.3) is 10.8 Å². The van der Waals surface area contributed by atoms with Gasteiger partial charge < -0.3 is 4.74 Å². The van der Waals surface area contributed by atoms with Gasteiger partial charge in [0.05, 0.1) is 13.2 Å². The second-order valence-corrected chi connectivity index (χ2v) is 5.46. The maximum Gasteiger partial charge on any atom is 0.378 e. The lowest BCUT2D eigenvalue weighted by molar-refractivity contribution is 0.0512. The zero-order valence-electron chi connectivity index (χ0n) is 12.3. The highest BCUT2D eigenvalue weighted by molar-refractivity contribution is 7.13. The summed E-state index contributed by atoms with van der Waals surface area (Å²) < 4.78 is 20.3. The Morgan fingerprint density at radius 1 is 1.39 bits per heavy atom. The Morgan fingerprint density at radius 2 is 2.22 bits per heavy atom. The maximum absolute atomic E-state index is 13.9. The third-order valence-electron chi connectivity index (χ3n) is 3.03. The summed E-state index contributed by atoms with van der Waals surface area (Å²) in [7, 11) is 0. The van der Waals surface area contributed by atoms with Crippen LogP contribution in [-0.4, -0.2) is 32.3 Å². The zero-order chi connectivity index (χ0) is 16.2. The van der Waals surface area contributed by atoms with Gasteiger partial charge in [0.15, 0.2) is 10.8 Å². The predicted molar refractivity (Wildman–Crippen MR) is 82.6 cm³/mol. The van der Waals surface area contributed by atoms with Crippen molar-refractivity contribution in [1.29, 1.82) is 0 Å². The second kappa shape index (κ2) is 6.66. The molecule has 3 rings (SSSR count). The molecular formula is C15H13FN4O2S. The van der Waals surface area contributed by atoms with E-state index in [1.54, 1.807) is 36.7 Å². The van der Waals surface area contributed by atoms with Crippen LogP contribution in [-0.2, 0) is 11.3 Å². The quantitative estimate of drug-likeness (QED) is 0.672. The van der Waals surface area contributed by atoms with Crippen LogP contribution < -0.4 is 0 Å². The Labute approximate surface area is 135 Å². The summed E-state index contributed by atoms with van der Waals surface area (Å²) in [6, 6.07) is 6.39. The molecule has 0 amide bonds. The van der Waals surface area contributed by atoms with Gasteiger partial charge in [-0.1, -0.05) is 18.2 Å². The van der Waals surface area contributed by atoms with E-state index in [4.69, 9.17) is 4.74 Å². The number of hydrogen-bond acceptors (Lipinski definition) is 6. The summed E-state index contributed by atoms with van der Waals surface area (Å²) in [6.45, 7) is 2.08. The van der Waals surface area contributed by atoms with Gasteiger partial charge in [-0.05, 0) is 13.0 Å². The van der Waals surface area contributed by atoms with E-state index in [9.17, 15) is 9.18 Å². The van der Waals surface area contributed by atoms with Crippen LogP contribution in [0.2, 0.25) is 0 Å². The summed E-state index contributed by atoms with van der Waals surface area (Å²) in [5, 5.41) is 6.55. The van der Waals surface area contributed by atoms with Crippen LogP contribution in [0.3, 0.4) is 0 Å². The number of ether oxygens (including phenoxy) is 1. The maximum atomic E-state index is 13.9. The molecule has 0 saturated carbocycles. The van der Waals surface area contributed by atoms with E-state index >= 15 is 0 Å². The molecule has 8 heteroatoms. The minimum Gasteiger partial charge on any atom is -0.460 e. The molecule has 6 nitrogen and oxygen atoms in total. The second-order valence-electron chi connectivity index (χ2n) is 4.57. The number of rotatable bonds is 5. The third-order valence-corrected chi connectivity index (χ3v) is 3.80. The minimum atomic E-state index is -0.613. The fourth-order valence-electron chi connectivity index (χ4n) is 2.01. The van der Waals surface area contributed by atoms with E-state index < -0.39 is 5.97 Å². The Kier molecular flexibility index (Phi) is 4.42. The number of halogens is 1. The molecule has 0 unspecified atom stereocenters. The monoisotopic (exact) mass is 332 g/mol. The molecule has 0 saturated heterocycles. The molecule has 0 fully saturated rings. The molecule has 0 aliphatic rings. The normalized spacial score (nSPS) is 10.7. The first kappa shape index (κ1) is 15.3. The van der Waals surface area contributed by atoms with Crippen LogP contribution in [0.1, 0.15) is 23.1 Å². The molecule has 0 radical (unpaired) electrons. The van der Waals surface area contributed by atoms with Crippen molar-refractivity contribution < 1.29 is 13.9 Å². The van der Waals surface area contributed by atoms with E-state index in [0.29, 0.717) is 16.4 Å². The van der Waals surface area contributed by atoms with Crippen molar-refractivity contribution in [3.8, 4) is 10.8 Å². The largest absolute Gasteiger partial charge is 0.460 e. The lowest BCUT2D eigenvalue weighted by Crippen LogP contribution is -2.09. The average molecular weight is 332 g/mol. The van der Waals surface area contributed by atoms with Crippen molar-refractivity contribution in [3.63, 3.8) is 0 Å². The number of hydrogen-bond donors (Lipinski definition) is 0. The van der Waals surface area contributed by atoms with Crippen LogP contribution in [0.15, 0.2) is 35.8 Å². The number of esters is 1. The highest BCUT2D eigenvalue weighted by Gasteiger charge is 2.20. The van der Waals surface area contributed by atoms with E-state index in [2.05, 4.69) is 15.1 Å². The highest BCUT2D eigenvalue weighted by Crippen LogP contribution is 2.21. The molecule has 0 aliphatic heterocycles. The van der Waals surface area contributed by atoms with E-state index in [1.807, 2.05) is 0 Å². The van der Waals surface area contributed by atoms with Gasteiger partial charge in [-0.15, -0.1) is 16.4 Å². The summed E-state index contributed by atoms with van der Waals surface area (Å²) in [5.74, 6) is -0.608. The number of carbonyl (C=O) groups is 1. The number of benzene rings is 1. The molecule has 0 aliphatic carbocycles. The van der Waals surface area contributed by atoms with Crippen molar-refractivity contribution in [2.45, 2.75) is 13.5 Å². The lowest BCUT2D eigenvalue weighted by atomic mass is 10.2. The van der Waals surface area contributed by atoms with Crippen molar-refractivity contribution >= 4 is 17.3 Å². The smallest absolute Gasteiger partial charge is 0.378 e. The first-order chi connectivity index (χ1) is 11.2. The third kappa shape index (κ3) is 3.26. The van der Waals surface area contributed by atoms with Crippen LogP contribution in [0.4, 0.5) is 4.39 Å². The molecule has 0 N–H and O–H groups in total. The Balaban J connectivity index is 2.00. The molecule has 118 valence electrons. The molecule has 23 heavy (non-hydrogen) atoms. The molecule has 3 aromatic rings. The van der Waals surface area contributed by atoms with Gasteiger partial charge in [-0.25, -0.2) is 18.9 Å². The average Bonchev–Trinajstić information content (AvgIpc) is 3.19. The standard InChI is InChI=1S/C15H13FN4O2S/c1-2-22-15(21)12-18-13(14-17-7-8-23-14)20(19-12)9-10-5-3-4-6-11(10)16/h3-8H,2,9H2,1H3. The van der Waals surface area contributed by atoms with Gasteiger partial charge in [-0.3, -0.25) is 0 Å². The van der Waals surface area contributed by atoms with Crippen molar-refractivity contribution in [2.75, 3.05) is 6.61 Å². The van der Waals surface area contributed by atoms with E-state index in [0.717, 1.165) is 0 Å². The van der Waals surface area contributed by atoms with Crippen molar-refractivity contribution in [3.05, 3.63) is 53.0 Å². The zero-order valence-corrected chi connectivity index (χ0v) is 13.1. The topological polar surface area (TPSA) is 69.9 Å². The Hall–Kier alpha value is -2.61. The van der Waals surface area contributed by atoms with Gasteiger partial charge in [-0.2, -0.15) is 4.98 Å².